The lowest BCUT2D eigenvalue weighted by molar-refractivity contribution is -0.123. The molecule has 0 bridgehead atoms. The molecular formula is C13H18N2O4. The fourth-order valence-corrected chi connectivity index (χ4v) is 1.59. The summed E-state index contributed by atoms with van der Waals surface area (Å²) in [6, 6.07) is 5.23. The van der Waals surface area contributed by atoms with Gasteiger partial charge < -0.3 is 24.4 Å². The molecule has 0 aliphatic carbocycles. The van der Waals surface area contributed by atoms with Crippen LogP contribution < -0.4 is 19.5 Å². The first-order valence-corrected chi connectivity index (χ1v) is 6.09. The molecule has 0 fully saturated rings. The number of fused-ring (bicyclic) bond motifs is 1. The number of likely N-dealkylation sites (N-methyl/N-ethyl adjacent to an activating group) is 1. The zero-order valence-corrected chi connectivity index (χ0v) is 11.1. The number of hydrogen-bond donors (Lipinski definition) is 1. The van der Waals surface area contributed by atoms with Crippen molar-refractivity contribution in [3.63, 3.8) is 0 Å². The van der Waals surface area contributed by atoms with Gasteiger partial charge in [-0.15, -0.1) is 0 Å². The molecule has 1 amide bonds. The highest BCUT2D eigenvalue weighted by Crippen LogP contribution is 2.34. The third-order valence-corrected chi connectivity index (χ3v) is 2.60. The van der Waals surface area contributed by atoms with Gasteiger partial charge in [0, 0.05) is 19.2 Å². The molecule has 0 saturated heterocycles. The van der Waals surface area contributed by atoms with Crippen molar-refractivity contribution >= 4 is 5.91 Å². The highest BCUT2D eigenvalue weighted by molar-refractivity contribution is 5.77. The molecule has 1 N–H and O–H groups in total. The van der Waals surface area contributed by atoms with E-state index in [9.17, 15) is 4.79 Å². The molecule has 0 unspecified atom stereocenters. The zero-order chi connectivity index (χ0) is 13.7. The summed E-state index contributed by atoms with van der Waals surface area (Å²) < 4.78 is 15.8. The van der Waals surface area contributed by atoms with Crippen molar-refractivity contribution in [1.29, 1.82) is 0 Å². The molecule has 2 rings (SSSR count). The van der Waals surface area contributed by atoms with E-state index < -0.39 is 0 Å². The van der Waals surface area contributed by atoms with E-state index in [1.807, 2.05) is 19.0 Å². The molecule has 0 aromatic heterocycles. The van der Waals surface area contributed by atoms with Crippen LogP contribution in [0, 0.1) is 0 Å². The molecule has 1 aliphatic heterocycles. The third-order valence-electron chi connectivity index (χ3n) is 2.60. The van der Waals surface area contributed by atoms with Crippen LogP contribution in [0.1, 0.15) is 0 Å². The summed E-state index contributed by atoms with van der Waals surface area (Å²) in [7, 11) is 3.91. The molecular weight excluding hydrogens is 248 g/mol. The molecule has 1 aliphatic rings. The number of carbonyl (C=O) groups is 1. The average molecular weight is 266 g/mol. The standard InChI is InChI=1S/C13H18N2O4/c1-15(2)6-5-14-13(16)8-17-10-3-4-11-12(7-10)19-9-18-11/h3-4,7H,5-6,8-9H2,1-2H3,(H,14,16). The van der Waals surface area contributed by atoms with Crippen LogP contribution >= 0.6 is 0 Å². The van der Waals surface area contributed by atoms with Gasteiger partial charge in [0.25, 0.3) is 5.91 Å². The van der Waals surface area contributed by atoms with E-state index in [0.29, 0.717) is 23.8 Å². The number of nitrogens with zero attached hydrogens (tertiary/aromatic N) is 1. The Morgan fingerprint density at radius 2 is 2.16 bits per heavy atom. The van der Waals surface area contributed by atoms with Crippen LogP contribution in [0.25, 0.3) is 0 Å². The lowest BCUT2D eigenvalue weighted by Gasteiger charge is -2.11. The fourth-order valence-electron chi connectivity index (χ4n) is 1.59. The van der Waals surface area contributed by atoms with Crippen molar-refractivity contribution in [1.82, 2.24) is 10.2 Å². The van der Waals surface area contributed by atoms with Crippen LogP contribution in [0.15, 0.2) is 18.2 Å². The van der Waals surface area contributed by atoms with Gasteiger partial charge in [-0.25, -0.2) is 0 Å². The molecule has 6 nitrogen and oxygen atoms in total. The first kappa shape index (κ1) is 13.5. The maximum absolute atomic E-state index is 11.5. The van der Waals surface area contributed by atoms with Gasteiger partial charge in [-0.2, -0.15) is 0 Å². The minimum absolute atomic E-state index is 0.00687. The summed E-state index contributed by atoms with van der Waals surface area (Å²) in [5, 5.41) is 2.78. The highest BCUT2D eigenvalue weighted by Gasteiger charge is 2.14. The third kappa shape index (κ3) is 4.03. The molecule has 1 heterocycles. The van der Waals surface area contributed by atoms with Crippen LogP contribution in [0.3, 0.4) is 0 Å². The Morgan fingerprint density at radius 1 is 1.37 bits per heavy atom. The van der Waals surface area contributed by atoms with E-state index in [2.05, 4.69) is 5.32 Å². The number of hydrogen-bond acceptors (Lipinski definition) is 5. The van der Waals surface area contributed by atoms with E-state index in [1.165, 1.54) is 0 Å². The molecule has 0 radical (unpaired) electrons. The largest absolute Gasteiger partial charge is 0.484 e. The molecule has 6 heteroatoms. The fraction of sp³-hybridized carbons (Fsp3) is 0.462. The van der Waals surface area contributed by atoms with E-state index in [-0.39, 0.29) is 19.3 Å². The maximum Gasteiger partial charge on any atom is 0.257 e. The second-order valence-electron chi connectivity index (χ2n) is 4.46. The Hall–Kier alpha value is -1.95. The topological polar surface area (TPSA) is 60.0 Å². The monoisotopic (exact) mass is 266 g/mol. The van der Waals surface area contributed by atoms with Gasteiger partial charge in [0.2, 0.25) is 6.79 Å². The first-order valence-electron chi connectivity index (χ1n) is 6.09. The maximum atomic E-state index is 11.5. The Morgan fingerprint density at radius 3 is 2.95 bits per heavy atom. The average Bonchev–Trinajstić information content (AvgIpc) is 2.83. The van der Waals surface area contributed by atoms with Gasteiger partial charge in [0.15, 0.2) is 18.1 Å². The quantitative estimate of drug-likeness (QED) is 0.811. The Kier molecular flexibility index (Phi) is 4.46. The van der Waals surface area contributed by atoms with Gasteiger partial charge in [0.05, 0.1) is 0 Å². The summed E-state index contributed by atoms with van der Waals surface area (Å²) in [4.78, 5) is 13.5. The van der Waals surface area contributed by atoms with Crippen LogP contribution in [-0.4, -0.2) is 51.4 Å². The predicted molar refractivity (Wildman–Crippen MR) is 69.6 cm³/mol. The highest BCUT2D eigenvalue weighted by atomic mass is 16.7. The Bertz CT molecular complexity index is 448. The minimum Gasteiger partial charge on any atom is -0.484 e. The van der Waals surface area contributed by atoms with Gasteiger partial charge in [-0.3, -0.25) is 4.79 Å². The van der Waals surface area contributed by atoms with Crippen molar-refractivity contribution in [2.45, 2.75) is 0 Å². The number of carbonyl (C=O) groups excluding carboxylic acids is 1. The van der Waals surface area contributed by atoms with E-state index in [4.69, 9.17) is 14.2 Å². The minimum atomic E-state index is -0.139. The van der Waals surface area contributed by atoms with Gasteiger partial charge >= 0.3 is 0 Å². The number of rotatable bonds is 6. The second kappa shape index (κ2) is 6.29. The van der Waals surface area contributed by atoms with E-state index in [0.717, 1.165) is 6.54 Å². The Balaban J connectivity index is 1.74. The summed E-state index contributed by atoms with van der Waals surface area (Å²) in [5.41, 5.74) is 0. The van der Waals surface area contributed by atoms with E-state index in [1.54, 1.807) is 18.2 Å². The number of nitrogens with one attached hydrogen (secondary N) is 1. The molecule has 1 aromatic carbocycles. The van der Waals surface area contributed by atoms with E-state index >= 15 is 0 Å². The molecule has 0 spiro atoms. The number of benzene rings is 1. The van der Waals surface area contributed by atoms with Crippen LogP contribution in [-0.2, 0) is 4.79 Å². The molecule has 1 aromatic rings. The summed E-state index contributed by atoms with van der Waals surface area (Å²) in [6.45, 7) is 1.63. The van der Waals surface area contributed by atoms with Crippen LogP contribution in [0.5, 0.6) is 17.2 Å². The molecule has 0 atom stereocenters. The SMILES string of the molecule is CN(C)CCNC(=O)COc1ccc2c(c1)OCO2. The normalized spacial score (nSPS) is 12.6. The molecule has 104 valence electrons. The lowest BCUT2D eigenvalue weighted by Crippen LogP contribution is -2.34. The van der Waals surface area contributed by atoms with Gasteiger partial charge in [-0.05, 0) is 26.2 Å². The van der Waals surface area contributed by atoms with Crippen molar-refractivity contribution in [2.75, 3.05) is 40.6 Å². The van der Waals surface area contributed by atoms with Gasteiger partial charge in [-0.1, -0.05) is 0 Å². The number of amides is 1. The van der Waals surface area contributed by atoms with Crippen LogP contribution in [0.2, 0.25) is 0 Å². The summed E-state index contributed by atoms with van der Waals surface area (Å²) >= 11 is 0. The second-order valence-corrected chi connectivity index (χ2v) is 4.46. The molecule has 0 saturated carbocycles. The predicted octanol–water partition coefficient (Wildman–Crippen LogP) is 0.472. The zero-order valence-electron chi connectivity index (χ0n) is 11.1. The van der Waals surface area contributed by atoms with Gasteiger partial charge in [0.1, 0.15) is 5.75 Å². The van der Waals surface area contributed by atoms with Crippen molar-refractivity contribution in [3.8, 4) is 17.2 Å². The van der Waals surface area contributed by atoms with Crippen molar-refractivity contribution in [3.05, 3.63) is 18.2 Å². The van der Waals surface area contributed by atoms with Crippen molar-refractivity contribution in [2.24, 2.45) is 0 Å². The van der Waals surface area contributed by atoms with Crippen molar-refractivity contribution < 1.29 is 19.0 Å². The summed E-state index contributed by atoms with van der Waals surface area (Å²) in [6.07, 6.45) is 0. The lowest BCUT2D eigenvalue weighted by atomic mass is 10.3. The summed E-state index contributed by atoms with van der Waals surface area (Å²) in [5.74, 6) is 1.79. The first-order chi connectivity index (χ1) is 9.15. The Labute approximate surface area is 112 Å². The van der Waals surface area contributed by atoms with Crippen LogP contribution in [0.4, 0.5) is 0 Å². The number of ether oxygens (including phenoxy) is 3. The molecule has 19 heavy (non-hydrogen) atoms. The smallest absolute Gasteiger partial charge is 0.257 e.